The molecule has 0 saturated carbocycles. The number of carbonyl (C=O) groups is 4. The number of rotatable bonds is 14. The van der Waals surface area contributed by atoms with E-state index >= 15 is 0 Å². The lowest BCUT2D eigenvalue weighted by atomic mass is 9.85. The van der Waals surface area contributed by atoms with Crippen LogP contribution in [-0.2, 0) is 14.4 Å². The molecule has 3 aromatic heterocycles. The lowest BCUT2D eigenvalue weighted by Crippen LogP contribution is -2.57. The van der Waals surface area contributed by atoms with Gasteiger partial charge < -0.3 is 35.1 Å². The van der Waals surface area contributed by atoms with Crippen LogP contribution in [0, 0.1) is 26.2 Å². The number of nitrogens with one attached hydrogen (secondary N) is 3. The van der Waals surface area contributed by atoms with Gasteiger partial charge >= 0.3 is 0 Å². The summed E-state index contributed by atoms with van der Waals surface area (Å²) in [5.74, 6) is -1.44. The maximum absolute atomic E-state index is 14.4. The molecule has 3 aliphatic rings. The number of aliphatic hydroxyl groups is 1. The third-order valence-electron chi connectivity index (χ3n) is 13.9. The number of fused-ring (bicyclic) bond motifs is 4. The van der Waals surface area contributed by atoms with E-state index in [2.05, 4.69) is 58.4 Å². The first-order chi connectivity index (χ1) is 34.7. The highest BCUT2D eigenvalue weighted by molar-refractivity contribution is 7.13. The van der Waals surface area contributed by atoms with Gasteiger partial charge in [0.15, 0.2) is 5.76 Å². The Labute approximate surface area is 438 Å². The second-order valence-corrected chi connectivity index (χ2v) is 23.0. The summed E-state index contributed by atoms with van der Waals surface area (Å²) in [5.41, 5.74) is 8.32. The molecule has 1 saturated heterocycles. The summed E-state index contributed by atoms with van der Waals surface area (Å²) in [5, 5.41) is 32.1. The lowest BCUT2D eigenvalue weighted by Gasteiger charge is -2.35. The molecule has 17 heteroatoms. The normalized spacial score (nSPS) is 19.7. The fourth-order valence-corrected chi connectivity index (χ4v) is 12.2. The van der Waals surface area contributed by atoms with E-state index in [-0.39, 0.29) is 55.5 Å². The smallest absolute Gasteiger partial charge is 0.287 e. The topological polar surface area (TPSA) is 187 Å². The van der Waals surface area contributed by atoms with E-state index in [4.69, 9.17) is 25.7 Å². The van der Waals surface area contributed by atoms with Crippen LogP contribution in [0.25, 0.3) is 21.4 Å². The molecule has 0 spiro atoms. The number of likely N-dealkylation sites (tertiary alicyclic amines) is 1. The minimum Gasteiger partial charge on any atom is -0.489 e. The molecule has 14 nitrogen and oxygen atoms in total. The van der Waals surface area contributed by atoms with Crippen molar-refractivity contribution in [1.82, 2.24) is 20.9 Å². The molecule has 0 bridgehead atoms. The standard InChI is InChI=1S/C56H60ClN7O7S2/c1-28-20-21-72-50(28)36-12-10-34(11-13-36)31(4)59-53(67)42-23-39(65)27-64(42)55(69)52(56(7,8)9)61-54(68)44-22-37-16-19-40(24-43(37)71-44)70-29(2)26-58-45(66)25-41-49-47(32(5)62-63-49)51-46(30(3)33(6)73-51)48(60-41)35-14-17-38(57)18-15-35/h10-22,24,29,31,39,41-42,47,52,65H,23,25-27H2,1-9H3,(H,58,66)(H,59,67)(H,61,68)/t29-,31+,39-,41+,42+,47?,52-/m1/s1. The summed E-state index contributed by atoms with van der Waals surface area (Å²) in [6, 6.07) is 21.6. The zero-order valence-electron chi connectivity index (χ0n) is 42.3. The number of aliphatic imine (C=N–C) groups is 1. The van der Waals surface area contributed by atoms with Crippen LogP contribution in [0.2, 0.25) is 5.02 Å². The highest BCUT2D eigenvalue weighted by atomic mass is 35.5. The predicted octanol–water partition coefficient (Wildman–Crippen LogP) is 9.89. The fourth-order valence-electron chi connectivity index (χ4n) is 9.75. The molecule has 1 fully saturated rings. The maximum atomic E-state index is 14.4. The Bertz CT molecular complexity index is 3200. The van der Waals surface area contributed by atoms with Crippen LogP contribution in [0.5, 0.6) is 5.75 Å². The van der Waals surface area contributed by atoms with Crippen LogP contribution in [0.4, 0.5) is 0 Å². The van der Waals surface area contributed by atoms with Gasteiger partial charge in [0, 0.05) is 55.2 Å². The van der Waals surface area contributed by atoms with Gasteiger partial charge in [0.25, 0.3) is 5.91 Å². The SMILES string of the molecule is CC1=NN=C2C1c1sc(C)c(C)c1C(c1ccc(Cl)cc1)=N[C@H]2CC(=O)NC[C@@H](C)Oc1ccc2cc(C(=O)N[C@H](C(=O)N3C[C@H](O)C[C@H]3C(=O)N[C@@H](C)c3ccc(-c4sccc4C)cc3)C(C)(C)C)oc2c1. The molecule has 9 rings (SSSR count). The molecular weight excluding hydrogens is 982 g/mol. The van der Waals surface area contributed by atoms with Crippen molar-refractivity contribution in [3.8, 4) is 16.2 Å². The number of ether oxygens (including phenoxy) is 1. The van der Waals surface area contributed by atoms with Crippen LogP contribution in [0.1, 0.15) is 114 Å². The van der Waals surface area contributed by atoms with Gasteiger partial charge in [-0.05, 0) is 111 Å². The molecule has 7 atom stereocenters. The molecule has 6 aromatic rings. The van der Waals surface area contributed by atoms with E-state index in [1.807, 2.05) is 90.1 Å². The number of aryl methyl sites for hydroxylation is 2. The van der Waals surface area contributed by atoms with Crippen molar-refractivity contribution in [2.45, 2.75) is 117 Å². The number of hydrogen-bond donors (Lipinski definition) is 4. The number of furan rings is 1. The third-order valence-corrected chi connectivity index (χ3v) is 16.4. The first-order valence-electron chi connectivity index (χ1n) is 24.5. The van der Waals surface area contributed by atoms with E-state index in [1.54, 1.807) is 46.9 Å². The average Bonchev–Trinajstić information content (AvgIpc) is 4.19. The number of carbonyl (C=O) groups excluding carboxylic acids is 4. The summed E-state index contributed by atoms with van der Waals surface area (Å²) in [4.78, 5) is 66.0. The molecule has 3 aliphatic heterocycles. The quantitative estimate of drug-likeness (QED) is 0.0836. The van der Waals surface area contributed by atoms with E-state index in [9.17, 15) is 24.3 Å². The zero-order valence-corrected chi connectivity index (χ0v) is 44.7. The monoisotopic (exact) mass is 1040 g/mol. The van der Waals surface area contributed by atoms with Crippen molar-refractivity contribution in [1.29, 1.82) is 0 Å². The molecule has 1 unspecified atom stereocenters. The molecule has 3 aromatic carbocycles. The molecule has 0 aliphatic carbocycles. The van der Waals surface area contributed by atoms with Crippen LogP contribution < -0.4 is 20.7 Å². The Balaban J connectivity index is 0.824. The molecule has 380 valence electrons. The first kappa shape index (κ1) is 51.4. The molecule has 4 amide bonds. The number of benzene rings is 3. The summed E-state index contributed by atoms with van der Waals surface area (Å²) in [6.07, 6.45) is -1.25. The Kier molecular flexibility index (Phi) is 14.7. The summed E-state index contributed by atoms with van der Waals surface area (Å²) >= 11 is 9.68. The second kappa shape index (κ2) is 20.8. The summed E-state index contributed by atoms with van der Waals surface area (Å²) < 4.78 is 12.3. The number of hydrogen-bond acceptors (Lipinski definition) is 12. The number of β-amino-alcohol motifs (C(OH)–C–C–N with tert-alkyl or cyclic N) is 1. The maximum Gasteiger partial charge on any atom is 0.287 e. The van der Waals surface area contributed by atoms with Gasteiger partial charge in [-0.15, -0.1) is 22.7 Å². The number of halogens is 1. The van der Waals surface area contributed by atoms with Gasteiger partial charge in [-0.1, -0.05) is 68.8 Å². The third kappa shape index (κ3) is 10.8. The van der Waals surface area contributed by atoms with Gasteiger partial charge in [0.2, 0.25) is 17.7 Å². The Hall–Kier alpha value is -6.46. The molecular formula is C56H60ClN7O7S2. The summed E-state index contributed by atoms with van der Waals surface area (Å²) in [7, 11) is 0. The second-order valence-electron chi connectivity index (χ2n) is 20.4. The Morgan fingerprint density at radius 3 is 2.36 bits per heavy atom. The van der Waals surface area contributed by atoms with Crippen molar-refractivity contribution in [3.05, 3.63) is 133 Å². The largest absolute Gasteiger partial charge is 0.489 e. The molecule has 6 heterocycles. The van der Waals surface area contributed by atoms with E-state index in [1.165, 1.54) is 20.2 Å². The highest BCUT2D eigenvalue weighted by Gasteiger charge is 2.45. The van der Waals surface area contributed by atoms with Gasteiger partial charge in [0.1, 0.15) is 35.6 Å². The van der Waals surface area contributed by atoms with E-state index in [0.29, 0.717) is 21.7 Å². The van der Waals surface area contributed by atoms with Crippen molar-refractivity contribution >= 4 is 86.0 Å². The molecule has 73 heavy (non-hydrogen) atoms. The minimum atomic E-state index is -1.07. The van der Waals surface area contributed by atoms with E-state index < -0.39 is 47.6 Å². The number of nitrogens with zero attached hydrogens (tertiary/aromatic N) is 4. The zero-order chi connectivity index (χ0) is 52.0. The van der Waals surface area contributed by atoms with Crippen molar-refractivity contribution in [3.63, 3.8) is 0 Å². The van der Waals surface area contributed by atoms with Crippen molar-refractivity contribution < 1.29 is 33.4 Å². The molecule has 0 radical (unpaired) electrons. The Morgan fingerprint density at radius 2 is 1.66 bits per heavy atom. The van der Waals surface area contributed by atoms with Gasteiger partial charge in [-0.25, -0.2) is 0 Å². The fraction of sp³-hybridized carbons (Fsp3) is 0.375. The predicted molar refractivity (Wildman–Crippen MR) is 290 cm³/mol. The average molecular weight is 1040 g/mol. The number of aliphatic hydroxyl groups excluding tert-OH is 1. The number of amides is 4. The van der Waals surface area contributed by atoms with Gasteiger partial charge in [-0.2, -0.15) is 10.2 Å². The van der Waals surface area contributed by atoms with Crippen molar-refractivity contribution in [2.24, 2.45) is 20.6 Å². The summed E-state index contributed by atoms with van der Waals surface area (Å²) in [6.45, 7) is 17.6. The first-order valence-corrected chi connectivity index (χ1v) is 26.6. The van der Waals surface area contributed by atoms with E-state index in [0.717, 1.165) is 49.8 Å². The van der Waals surface area contributed by atoms with Crippen LogP contribution in [0.3, 0.4) is 0 Å². The van der Waals surface area contributed by atoms with Crippen LogP contribution in [0.15, 0.2) is 104 Å². The Morgan fingerprint density at radius 1 is 0.932 bits per heavy atom. The minimum absolute atomic E-state index is 0.0187. The highest BCUT2D eigenvalue weighted by Crippen LogP contribution is 2.42. The lowest BCUT2D eigenvalue weighted by molar-refractivity contribution is -0.142. The van der Waals surface area contributed by atoms with Gasteiger partial charge in [0.05, 0.1) is 48.2 Å². The number of thiophene rings is 2. The van der Waals surface area contributed by atoms with Crippen LogP contribution >= 0.6 is 34.3 Å². The van der Waals surface area contributed by atoms with Gasteiger partial charge in [-0.3, -0.25) is 24.2 Å². The van der Waals surface area contributed by atoms with Crippen molar-refractivity contribution in [2.75, 3.05) is 13.1 Å². The molecule has 4 N–H and O–H groups in total. The van der Waals surface area contributed by atoms with Crippen LogP contribution in [-0.4, -0.2) is 94.2 Å².